The zero-order valence-electron chi connectivity index (χ0n) is 13.9. The zero-order valence-corrected chi connectivity index (χ0v) is 14.7. The smallest absolute Gasteiger partial charge is 0.261 e. The molecule has 1 saturated heterocycles. The van der Waals surface area contributed by atoms with Gasteiger partial charge in [0.1, 0.15) is 5.82 Å². The largest absolute Gasteiger partial charge is 0.357 e. The van der Waals surface area contributed by atoms with Gasteiger partial charge < -0.3 is 4.90 Å². The number of pyridine rings is 1. The molecule has 128 valence electrons. The third kappa shape index (κ3) is 4.06. The molecule has 0 aliphatic carbocycles. The third-order valence-corrected chi connectivity index (χ3v) is 5.61. The Labute approximate surface area is 143 Å². The second-order valence-electron chi connectivity index (χ2n) is 6.23. The number of aryl methyl sites for hydroxylation is 1. The van der Waals surface area contributed by atoms with E-state index in [0.717, 1.165) is 24.5 Å². The monoisotopic (exact) mass is 345 g/mol. The summed E-state index contributed by atoms with van der Waals surface area (Å²) in [5.74, 6) is 0.912. The fraction of sp³-hybridized carbons (Fsp3) is 0.389. The highest BCUT2D eigenvalue weighted by molar-refractivity contribution is 7.92. The van der Waals surface area contributed by atoms with Crippen LogP contribution in [-0.4, -0.2) is 26.5 Å². The number of hydrogen-bond acceptors (Lipinski definition) is 4. The molecule has 0 atom stereocenters. The first kappa shape index (κ1) is 16.8. The van der Waals surface area contributed by atoms with Crippen molar-refractivity contribution < 1.29 is 8.42 Å². The van der Waals surface area contributed by atoms with E-state index < -0.39 is 10.0 Å². The van der Waals surface area contributed by atoms with Gasteiger partial charge in [0.25, 0.3) is 10.0 Å². The van der Waals surface area contributed by atoms with Crippen molar-refractivity contribution in [3.63, 3.8) is 0 Å². The maximum atomic E-state index is 12.4. The van der Waals surface area contributed by atoms with Gasteiger partial charge in [0.05, 0.1) is 16.8 Å². The predicted molar refractivity (Wildman–Crippen MR) is 96.9 cm³/mol. The molecule has 0 bridgehead atoms. The summed E-state index contributed by atoms with van der Waals surface area (Å²) in [7, 11) is -3.58. The van der Waals surface area contributed by atoms with Crippen molar-refractivity contribution in [2.24, 2.45) is 0 Å². The molecule has 1 fully saturated rings. The lowest BCUT2D eigenvalue weighted by Gasteiger charge is -2.21. The van der Waals surface area contributed by atoms with Crippen LogP contribution in [-0.2, 0) is 10.0 Å². The minimum absolute atomic E-state index is 0.263. The molecule has 2 heterocycles. The van der Waals surface area contributed by atoms with E-state index in [4.69, 9.17) is 0 Å². The highest BCUT2D eigenvalue weighted by atomic mass is 32.2. The average Bonchev–Trinajstić information content (AvgIpc) is 2.84. The number of hydrogen-bond donors (Lipinski definition) is 1. The molecule has 0 saturated carbocycles. The molecule has 0 amide bonds. The Hall–Kier alpha value is -2.08. The van der Waals surface area contributed by atoms with Crippen molar-refractivity contribution in [1.82, 2.24) is 4.98 Å². The number of sulfonamides is 1. The Morgan fingerprint density at radius 2 is 1.79 bits per heavy atom. The molecule has 1 N–H and O–H groups in total. The molecule has 6 heteroatoms. The summed E-state index contributed by atoms with van der Waals surface area (Å²) in [6, 6.07) is 10.5. The molecule has 1 aromatic carbocycles. The van der Waals surface area contributed by atoms with E-state index in [1.54, 1.807) is 30.5 Å². The SMILES string of the molecule is Cc1cccc(S(=O)(=O)Nc2ccc(N3CCCCCC3)nc2)c1. The Morgan fingerprint density at radius 3 is 2.42 bits per heavy atom. The van der Waals surface area contributed by atoms with Crippen LogP contribution in [0, 0.1) is 6.92 Å². The second-order valence-corrected chi connectivity index (χ2v) is 7.91. The number of rotatable bonds is 4. The predicted octanol–water partition coefficient (Wildman–Crippen LogP) is 3.57. The van der Waals surface area contributed by atoms with Crippen molar-refractivity contribution in [3.8, 4) is 0 Å². The van der Waals surface area contributed by atoms with E-state index in [9.17, 15) is 8.42 Å². The van der Waals surface area contributed by atoms with Crippen molar-refractivity contribution in [2.75, 3.05) is 22.7 Å². The van der Waals surface area contributed by atoms with Crippen LogP contribution >= 0.6 is 0 Å². The molecule has 0 unspecified atom stereocenters. The van der Waals surface area contributed by atoms with Crippen molar-refractivity contribution >= 4 is 21.5 Å². The van der Waals surface area contributed by atoms with E-state index in [2.05, 4.69) is 14.6 Å². The molecule has 1 aromatic heterocycles. The summed E-state index contributed by atoms with van der Waals surface area (Å²) >= 11 is 0. The minimum Gasteiger partial charge on any atom is -0.357 e. The molecule has 0 spiro atoms. The highest BCUT2D eigenvalue weighted by Gasteiger charge is 2.15. The summed E-state index contributed by atoms with van der Waals surface area (Å²) in [6.07, 6.45) is 6.50. The molecule has 3 rings (SSSR count). The van der Waals surface area contributed by atoms with Gasteiger partial charge in [-0.25, -0.2) is 13.4 Å². The number of anilines is 2. The summed E-state index contributed by atoms with van der Waals surface area (Å²) in [5, 5.41) is 0. The van der Waals surface area contributed by atoms with Crippen molar-refractivity contribution in [3.05, 3.63) is 48.2 Å². The lowest BCUT2D eigenvalue weighted by atomic mass is 10.2. The van der Waals surface area contributed by atoms with Crippen LogP contribution in [0.2, 0.25) is 0 Å². The van der Waals surface area contributed by atoms with Gasteiger partial charge in [-0.15, -0.1) is 0 Å². The minimum atomic E-state index is -3.58. The van der Waals surface area contributed by atoms with E-state index in [-0.39, 0.29) is 4.90 Å². The van der Waals surface area contributed by atoms with E-state index in [1.165, 1.54) is 25.7 Å². The Morgan fingerprint density at radius 1 is 1.04 bits per heavy atom. The molecular formula is C18H23N3O2S. The van der Waals surface area contributed by atoms with Crippen molar-refractivity contribution in [2.45, 2.75) is 37.5 Å². The Bertz CT molecular complexity index is 780. The van der Waals surface area contributed by atoms with Gasteiger partial charge in [-0.05, 0) is 49.6 Å². The summed E-state index contributed by atoms with van der Waals surface area (Å²) in [5.41, 5.74) is 1.39. The Balaban J connectivity index is 1.74. The van der Waals surface area contributed by atoms with Crippen LogP contribution in [0.3, 0.4) is 0 Å². The summed E-state index contributed by atoms with van der Waals surface area (Å²) < 4.78 is 27.5. The van der Waals surface area contributed by atoms with Crippen LogP contribution in [0.5, 0.6) is 0 Å². The maximum Gasteiger partial charge on any atom is 0.261 e. The van der Waals surface area contributed by atoms with E-state index in [0.29, 0.717) is 5.69 Å². The topological polar surface area (TPSA) is 62.3 Å². The van der Waals surface area contributed by atoms with Gasteiger partial charge in [0.15, 0.2) is 0 Å². The average molecular weight is 345 g/mol. The fourth-order valence-corrected chi connectivity index (χ4v) is 4.08. The molecule has 1 aliphatic heterocycles. The van der Waals surface area contributed by atoms with Crippen LogP contribution < -0.4 is 9.62 Å². The van der Waals surface area contributed by atoms with Crippen molar-refractivity contribution in [1.29, 1.82) is 0 Å². The van der Waals surface area contributed by atoms with E-state index in [1.807, 2.05) is 19.1 Å². The van der Waals surface area contributed by atoms with Gasteiger partial charge in [0.2, 0.25) is 0 Å². The van der Waals surface area contributed by atoms with Crippen LogP contribution in [0.15, 0.2) is 47.5 Å². The molecule has 24 heavy (non-hydrogen) atoms. The van der Waals surface area contributed by atoms with E-state index >= 15 is 0 Å². The highest BCUT2D eigenvalue weighted by Crippen LogP contribution is 2.21. The lowest BCUT2D eigenvalue weighted by molar-refractivity contribution is 0.601. The molecule has 0 radical (unpaired) electrons. The third-order valence-electron chi connectivity index (χ3n) is 4.23. The van der Waals surface area contributed by atoms with Gasteiger partial charge in [-0.2, -0.15) is 0 Å². The summed E-state index contributed by atoms with van der Waals surface area (Å²) in [6.45, 7) is 3.90. The van der Waals surface area contributed by atoms with Gasteiger partial charge >= 0.3 is 0 Å². The molecule has 2 aromatic rings. The maximum absolute atomic E-state index is 12.4. The normalized spacial score (nSPS) is 15.8. The van der Waals surface area contributed by atoms with Crippen LogP contribution in [0.4, 0.5) is 11.5 Å². The first-order chi connectivity index (χ1) is 11.5. The summed E-state index contributed by atoms with van der Waals surface area (Å²) in [4.78, 5) is 6.97. The Kier molecular flexibility index (Phi) is 5.04. The lowest BCUT2D eigenvalue weighted by Crippen LogP contribution is -2.24. The first-order valence-corrected chi connectivity index (χ1v) is 9.83. The zero-order chi connectivity index (χ0) is 17.0. The number of aromatic nitrogens is 1. The van der Waals surface area contributed by atoms with Crippen LogP contribution in [0.1, 0.15) is 31.2 Å². The number of nitrogens with zero attached hydrogens (tertiary/aromatic N) is 2. The van der Waals surface area contributed by atoms with Gasteiger partial charge in [-0.3, -0.25) is 4.72 Å². The van der Waals surface area contributed by atoms with Gasteiger partial charge in [0, 0.05) is 13.1 Å². The molecular weight excluding hydrogens is 322 g/mol. The quantitative estimate of drug-likeness (QED) is 0.920. The second kappa shape index (κ2) is 7.21. The fourth-order valence-electron chi connectivity index (χ4n) is 2.93. The number of nitrogens with one attached hydrogen (secondary N) is 1. The van der Waals surface area contributed by atoms with Gasteiger partial charge in [-0.1, -0.05) is 25.0 Å². The molecule has 1 aliphatic rings. The first-order valence-electron chi connectivity index (χ1n) is 8.35. The number of benzene rings is 1. The molecule has 5 nitrogen and oxygen atoms in total. The van der Waals surface area contributed by atoms with Crippen LogP contribution in [0.25, 0.3) is 0 Å². The standard InChI is InChI=1S/C18H23N3O2S/c1-15-7-6-8-17(13-15)24(22,23)20-16-9-10-18(19-14-16)21-11-4-2-3-5-12-21/h6-10,13-14,20H,2-5,11-12H2,1H3.